The Kier molecular flexibility index (Phi) is 12.5. The van der Waals surface area contributed by atoms with Gasteiger partial charge in [-0.2, -0.15) is 0 Å². The standard InChI is InChI=1S/C15H30O/c1-4-7-8-9-10-11-12-13-15(6-3)16-14-5-2/h6,15H,3-5,7-14H2,1-2H3. The summed E-state index contributed by atoms with van der Waals surface area (Å²) < 4.78 is 5.67. The maximum atomic E-state index is 5.67. The van der Waals surface area contributed by atoms with Crippen molar-refractivity contribution in [2.45, 2.75) is 77.7 Å². The minimum atomic E-state index is 0.288. The van der Waals surface area contributed by atoms with Gasteiger partial charge in [0.05, 0.1) is 6.10 Å². The second-order valence-electron chi connectivity index (χ2n) is 4.55. The zero-order valence-electron chi connectivity index (χ0n) is 11.3. The zero-order chi connectivity index (χ0) is 12.1. The largest absolute Gasteiger partial charge is 0.374 e. The molecule has 0 aromatic rings. The van der Waals surface area contributed by atoms with E-state index in [0.29, 0.717) is 0 Å². The minimum Gasteiger partial charge on any atom is -0.374 e. The number of ether oxygens (including phenoxy) is 1. The molecule has 0 radical (unpaired) electrons. The molecule has 16 heavy (non-hydrogen) atoms. The molecule has 1 nitrogen and oxygen atoms in total. The van der Waals surface area contributed by atoms with Crippen molar-refractivity contribution in [2.75, 3.05) is 6.61 Å². The third-order valence-electron chi connectivity index (χ3n) is 2.89. The Morgan fingerprint density at radius 2 is 1.56 bits per heavy atom. The molecule has 0 aliphatic carbocycles. The molecule has 1 heteroatoms. The van der Waals surface area contributed by atoms with Crippen molar-refractivity contribution in [3.63, 3.8) is 0 Å². The van der Waals surface area contributed by atoms with E-state index >= 15 is 0 Å². The van der Waals surface area contributed by atoms with E-state index in [1.54, 1.807) is 0 Å². The van der Waals surface area contributed by atoms with Crippen LogP contribution >= 0.6 is 0 Å². The molecular weight excluding hydrogens is 196 g/mol. The van der Waals surface area contributed by atoms with E-state index in [2.05, 4.69) is 20.4 Å². The summed E-state index contributed by atoms with van der Waals surface area (Å²) in [4.78, 5) is 0. The molecule has 0 rings (SSSR count). The Morgan fingerprint density at radius 1 is 0.938 bits per heavy atom. The molecule has 0 heterocycles. The normalized spacial score (nSPS) is 12.6. The average molecular weight is 226 g/mol. The van der Waals surface area contributed by atoms with E-state index in [0.717, 1.165) is 19.4 Å². The van der Waals surface area contributed by atoms with Gasteiger partial charge in [0, 0.05) is 6.61 Å². The molecule has 0 amide bonds. The number of hydrogen-bond donors (Lipinski definition) is 0. The molecule has 0 aliphatic rings. The summed E-state index contributed by atoms with van der Waals surface area (Å²) in [6.45, 7) is 9.11. The summed E-state index contributed by atoms with van der Waals surface area (Å²) in [5.41, 5.74) is 0. The van der Waals surface area contributed by atoms with Crippen LogP contribution in [0.1, 0.15) is 71.6 Å². The summed E-state index contributed by atoms with van der Waals surface area (Å²) in [6, 6.07) is 0. The van der Waals surface area contributed by atoms with E-state index < -0.39 is 0 Å². The molecule has 0 saturated carbocycles. The van der Waals surface area contributed by atoms with Crippen molar-refractivity contribution in [3.8, 4) is 0 Å². The Bertz CT molecular complexity index is 142. The second-order valence-corrected chi connectivity index (χ2v) is 4.55. The Labute approximate surface area is 102 Å². The fraction of sp³-hybridized carbons (Fsp3) is 0.867. The van der Waals surface area contributed by atoms with Crippen LogP contribution in [-0.2, 0) is 4.74 Å². The Morgan fingerprint density at radius 3 is 2.12 bits per heavy atom. The van der Waals surface area contributed by atoms with Gasteiger partial charge in [-0.3, -0.25) is 0 Å². The van der Waals surface area contributed by atoms with Crippen LogP contribution in [0.25, 0.3) is 0 Å². The minimum absolute atomic E-state index is 0.288. The molecule has 0 spiro atoms. The molecule has 0 fully saturated rings. The summed E-state index contributed by atoms with van der Waals surface area (Å²) >= 11 is 0. The van der Waals surface area contributed by atoms with Gasteiger partial charge in [-0.1, -0.05) is 64.9 Å². The predicted octanol–water partition coefficient (Wildman–Crippen LogP) is 5.11. The van der Waals surface area contributed by atoms with Crippen LogP contribution in [0.15, 0.2) is 12.7 Å². The molecule has 0 aromatic carbocycles. The summed E-state index contributed by atoms with van der Waals surface area (Å²) in [5.74, 6) is 0. The van der Waals surface area contributed by atoms with Crippen molar-refractivity contribution in [1.82, 2.24) is 0 Å². The van der Waals surface area contributed by atoms with Crippen LogP contribution in [0.5, 0.6) is 0 Å². The van der Waals surface area contributed by atoms with E-state index in [9.17, 15) is 0 Å². The van der Waals surface area contributed by atoms with Crippen molar-refractivity contribution in [3.05, 3.63) is 12.7 Å². The van der Waals surface area contributed by atoms with Crippen molar-refractivity contribution < 1.29 is 4.74 Å². The van der Waals surface area contributed by atoms with Gasteiger partial charge in [-0.15, -0.1) is 6.58 Å². The highest BCUT2D eigenvalue weighted by atomic mass is 16.5. The van der Waals surface area contributed by atoms with Gasteiger partial charge in [0.25, 0.3) is 0 Å². The van der Waals surface area contributed by atoms with Gasteiger partial charge in [0.2, 0.25) is 0 Å². The van der Waals surface area contributed by atoms with Gasteiger partial charge in [0.15, 0.2) is 0 Å². The lowest BCUT2D eigenvalue weighted by molar-refractivity contribution is 0.0783. The maximum absolute atomic E-state index is 5.67. The number of rotatable bonds is 12. The van der Waals surface area contributed by atoms with Gasteiger partial charge in [-0.25, -0.2) is 0 Å². The second kappa shape index (κ2) is 12.8. The van der Waals surface area contributed by atoms with Gasteiger partial charge in [-0.05, 0) is 12.8 Å². The SMILES string of the molecule is C=CC(CCCCCCCCC)OCCC. The van der Waals surface area contributed by atoms with Crippen LogP contribution in [0, 0.1) is 0 Å². The molecule has 0 bridgehead atoms. The monoisotopic (exact) mass is 226 g/mol. The molecule has 0 aromatic heterocycles. The zero-order valence-corrected chi connectivity index (χ0v) is 11.3. The molecule has 96 valence electrons. The van der Waals surface area contributed by atoms with E-state index in [-0.39, 0.29) is 6.10 Å². The third-order valence-corrected chi connectivity index (χ3v) is 2.89. The number of hydrogen-bond acceptors (Lipinski definition) is 1. The van der Waals surface area contributed by atoms with Crippen LogP contribution in [-0.4, -0.2) is 12.7 Å². The first-order valence-electron chi connectivity index (χ1n) is 7.09. The Balaban J connectivity index is 3.24. The first kappa shape index (κ1) is 15.7. The van der Waals surface area contributed by atoms with Crippen molar-refractivity contribution >= 4 is 0 Å². The first-order valence-corrected chi connectivity index (χ1v) is 7.09. The van der Waals surface area contributed by atoms with Crippen LogP contribution < -0.4 is 0 Å². The van der Waals surface area contributed by atoms with Gasteiger partial charge < -0.3 is 4.74 Å². The lowest BCUT2D eigenvalue weighted by Crippen LogP contribution is -2.09. The molecule has 0 saturated heterocycles. The molecule has 0 N–H and O–H groups in total. The van der Waals surface area contributed by atoms with E-state index in [1.165, 1.54) is 44.9 Å². The van der Waals surface area contributed by atoms with Crippen molar-refractivity contribution in [2.24, 2.45) is 0 Å². The van der Waals surface area contributed by atoms with Crippen LogP contribution in [0.4, 0.5) is 0 Å². The fourth-order valence-corrected chi connectivity index (χ4v) is 1.84. The maximum Gasteiger partial charge on any atom is 0.0753 e. The molecule has 0 aliphatic heterocycles. The number of unbranched alkanes of at least 4 members (excludes halogenated alkanes) is 6. The van der Waals surface area contributed by atoms with E-state index in [1.807, 2.05) is 6.08 Å². The van der Waals surface area contributed by atoms with Crippen LogP contribution in [0.2, 0.25) is 0 Å². The van der Waals surface area contributed by atoms with Gasteiger partial charge >= 0.3 is 0 Å². The summed E-state index contributed by atoms with van der Waals surface area (Å²) in [6.07, 6.45) is 14.1. The van der Waals surface area contributed by atoms with E-state index in [4.69, 9.17) is 4.74 Å². The van der Waals surface area contributed by atoms with Crippen LogP contribution in [0.3, 0.4) is 0 Å². The third kappa shape index (κ3) is 10.2. The van der Waals surface area contributed by atoms with Gasteiger partial charge in [0.1, 0.15) is 0 Å². The molecule has 1 unspecified atom stereocenters. The fourth-order valence-electron chi connectivity index (χ4n) is 1.84. The average Bonchev–Trinajstić information content (AvgIpc) is 2.32. The highest BCUT2D eigenvalue weighted by Gasteiger charge is 2.02. The summed E-state index contributed by atoms with van der Waals surface area (Å²) in [5, 5.41) is 0. The highest BCUT2D eigenvalue weighted by molar-refractivity contribution is 4.79. The predicted molar refractivity (Wildman–Crippen MR) is 72.8 cm³/mol. The smallest absolute Gasteiger partial charge is 0.0753 e. The first-order chi connectivity index (χ1) is 7.85. The lowest BCUT2D eigenvalue weighted by atomic mass is 10.1. The summed E-state index contributed by atoms with van der Waals surface area (Å²) in [7, 11) is 0. The molecular formula is C15H30O. The van der Waals surface area contributed by atoms with Crippen molar-refractivity contribution in [1.29, 1.82) is 0 Å². The Hall–Kier alpha value is -0.300. The quantitative estimate of drug-likeness (QED) is 0.332. The highest BCUT2D eigenvalue weighted by Crippen LogP contribution is 2.11. The molecule has 1 atom stereocenters. The topological polar surface area (TPSA) is 9.23 Å². The lowest BCUT2D eigenvalue weighted by Gasteiger charge is -2.12.